The summed E-state index contributed by atoms with van der Waals surface area (Å²) in [5.41, 5.74) is 2.81. The van der Waals surface area contributed by atoms with Gasteiger partial charge < -0.3 is 15.0 Å². The Labute approximate surface area is 188 Å². The molecule has 2 aromatic carbocycles. The second-order valence-corrected chi connectivity index (χ2v) is 8.18. The zero-order valence-electron chi connectivity index (χ0n) is 17.8. The maximum Gasteiger partial charge on any atom is 0.261 e. The molecule has 7 heteroatoms. The summed E-state index contributed by atoms with van der Waals surface area (Å²) in [6.07, 6.45) is 0.811. The molecule has 0 unspecified atom stereocenters. The first-order valence-electron chi connectivity index (χ1n) is 9.93. The van der Waals surface area contributed by atoms with E-state index in [1.165, 1.54) is 4.90 Å². The lowest BCUT2D eigenvalue weighted by Crippen LogP contribution is -2.49. The number of benzene rings is 2. The van der Waals surface area contributed by atoms with Crippen LogP contribution in [0.5, 0.6) is 5.75 Å². The predicted octanol–water partition coefficient (Wildman–Crippen LogP) is 4.93. The summed E-state index contributed by atoms with van der Waals surface area (Å²) < 4.78 is 5.73. The molecule has 0 radical (unpaired) electrons. The minimum atomic E-state index is -0.682. The summed E-state index contributed by atoms with van der Waals surface area (Å²) in [5.74, 6) is 0.0921. The van der Waals surface area contributed by atoms with Crippen LogP contribution >= 0.6 is 23.2 Å². The Kier molecular flexibility index (Phi) is 9.00. The normalized spacial score (nSPS) is 11.7. The van der Waals surface area contributed by atoms with Gasteiger partial charge in [0.15, 0.2) is 6.61 Å². The minimum Gasteiger partial charge on any atom is -0.484 e. The minimum absolute atomic E-state index is 0.172. The fourth-order valence-electron chi connectivity index (χ4n) is 3.06. The van der Waals surface area contributed by atoms with E-state index >= 15 is 0 Å². The molecule has 0 saturated heterocycles. The van der Waals surface area contributed by atoms with Crippen molar-refractivity contribution in [3.63, 3.8) is 0 Å². The lowest BCUT2D eigenvalue weighted by molar-refractivity contribution is -0.142. The highest BCUT2D eigenvalue weighted by molar-refractivity contribution is 6.35. The lowest BCUT2D eigenvalue weighted by Gasteiger charge is -2.29. The van der Waals surface area contributed by atoms with Gasteiger partial charge in [0.05, 0.1) is 0 Å². The molecule has 1 N–H and O–H groups in total. The van der Waals surface area contributed by atoms with Crippen LogP contribution in [0.3, 0.4) is 0 Å². The van der Waals surface area contributed by atoms with Gasteiger partial charge in [-0.05, 0) is 68.1 Å². The van der Waals surface area contributed by atoms with Gasteiger partial charge in [-0.2, -0.15) is 0 Å². The first kappa shape index (κ1) is 24.0. The number of rotatable bonds is 9. The molecule has 0 aliphatic rings. The molecule has 2 amide bonds. The zero-order valence-corrected chi connectivity index (χ0v) is 19.3. The van der Waals surface area contributed by atoms with Gasteiger partial charge in [0.25, 0.3) is 5.91 Å². The molecular formula is C23H28Cl2N2O3. The van der Waals surface area contributed by atoms with Crippen molar-refractivity contribution in [3.8, 4) is 5.75 Å². The summed E-state index contributed by atoms with van der Waals surface area (Å²) in [7, 11) is 0. The number of hydrogen-bond acceptors (Lipinski definition) is 3. The van der Waals surface area contributed by atoms with Crippen molar-refractivity contribution in [2.24, 2.45) is 0 Å². The first-order chi connectivity index (χ1) is 14.2. The van der Waals surface area contributed by atoms with Gasteiger partial charge in [-0.15, -0.1) is 0 Å². The van der Waals surface area contributed by atoms with Gasteiger partial charge >= 0.3 is 0 Å². The fraction of sp³-hybridized carbons (Fsp3) is 0.391. The Morgan fingerprint density at radius 1 is 1.10 bits per heavy atom. The van der Waals surface area contributed by atoms with Gasteiger partial charge in [-0.1, -0.05) is 42.3 Å². The van der Waals surface area contributed by atoms with Crippen molar-refractivity contribution in [2.75, 3.05) is 13.2 Å². The first-order valence-corrected chi connectivity index (χ1v) is 10.7. The molecule has 0 spiro atoms. The average Bonchev–Trinajstić information content (AvgIpc) is 2.68. The van der Waals surface area contributed by atoms with Crippen molar-refractivity contribution in [2.45, 2.75) is 46.7 Å². The van der Waals surface area contributed by atoms with Gasteiger partial charge in [0.2, 0.25) is 5.91 Å². The van der Waals surface area contributed by atoms with Gasteiger partial charge in [0, 0.05) is 23.1 Å². The van der Waals surface area contributed by atoms with Crippen LogP contribution in [0.1, 0.15) is 37.0 Å². The molecule has 5 nitrogen and oxygen atoms in total. The van der Waals surface area contributed by atoms with Crippen molar-refractivity contribution >= 4 is 35.0 Å². The molecule has 1 atom stereocenters. The van der Waals surface area contributed by atoms with Gasteiger partial charge in [-0.25, -0.2) is 0 Å². The van der Waals surface area contributed by atoms with E-state index in [1.54, 1.807) is 25.1 Å². The van der Waals surface area contributed by atoms with Crippen LogP contribution in [0, 0.1) is 13.8 Å². The molecule has 2 rings (SSSR count). The SMILES string of the molecule is CCCNC(=O)[C@H](C)N(Cc1ccc(Cl)cc1Cl)C(=O)COc1cc(C)cc(C)c1. The van der Waals surface area contributed by atoms with E-state index in [2.05, 4.69) is 5.32 Å². The van der Waals surface area contributed by atoms with E-state index in [-0.39, 0.29) is 25.0 Å². The highest BCUT2D eigenvalue weighted by Crippen LogP contribution is 2.23. The van der Waals surface area contributed by atoms with E-state index < -0.39 is 6.04 Å². The Morgan fingerprint density at radius 2 is 1.77 bits per heavy atom. The van der Waals surface area contributed by atoms with Gasteiger partial charge in [-0.3, -0.25) is 9.59 Å². The van der Waals surface area contributed by atoms with Crippen LogP contribution in [0.25, 0.3) is 0 Å². The molecule has 30 heavy (non-hydrogen) atoms. The van der Waals surface area contributed by atoms with E-state index in [4.69, 9.17) is 27.9 Å². The molecule has 0 fully saturated rings. The monoisotopic (exact) mass is 450 g/mol. The Hall–Kier alpha value is -2.24. The summed E-state index contributed by atoms with van der Waals surface area (Å²) in [4.78, 5) is 27.1. The number of ether oxygens (including phenoxy) is 1. The summed E-state index contributed by atoms with van der Waals surface area (Å²) >= 11 is 12.3. The number of aryl methyl sites for hydroxylation is 2. The third kappa shape index (κ3) is 6.92. The predicted molar refractivity (Wildman–Crippen MR) is 121 cm³/mol. The highest BCUT2D eigenvalue weighted by Gasteiger charge is 2.27. The van der Waals surface area contributed by atoms with Crippen LogP contribution in [0.2, 0.25) is 10.0 Å². The van der Waals surface area contributed by atoms with Crippen LogP contribution < -0.4 is 10.1 Å². The van der Waals surface area contributed by atoms with Crippen molar-refractivity contribution in [3.05, 3.63) is 63.1 Å². The number of hydrogen-bond donors (Lipinski definition) is 1. The number of carbonyl (C=O) groups excluding carboxylic acids is 2. The second kappa shape index (κ2) is 11.2. The van der Waals surface area contributed by atoms with Crippen LogP contribution in [-0.2, 0) is 16.1 Å². The number of carbonyl (C=O) groups is 2. The molecule has 0 saturated carbocycles. The second-order valence-electron chi connectivity index (χ2n) is 7.34. The smallest absolute Gasteiger partial charge is 0.261 e. The standard InChI is InChI=1S/C23H28Cl2N2O3/c1-5-8-26-23(29)17(4)27(13-18-6-7-19(24)12-21(18)25)22(28)14-30-20-10-15(2)9-16(3)11-20/h6-7,9-12,17H,5,8,13-14H2,1-4H3,(H,26,29)/t17-/m0/s1. The number of nitrogens with zero attached hydrogens (tertiary/aromatic N) is 1. The van der Waals surface area contributed by atoms with Crippen molar-refractivity contribution in [1.82, 2.24) is 10.2 Å². The molecule has 0 aliphatic heterocycles. The summed E-state index contributed by atoms with van der Waals surface area (Å²) in [6, 6.07) is 10.2. The molecule has 2 aromatic rings. The molecule has 162 valence electrons. The van der Waals surface area contributed by atoms with Crippen LogP contribution in [-0.4, -0.2) is 35.9 Å². The Balaban J connectivity index is 2.19. The van der Waals surface area contributed by atoms with E-state index in [0.29, 0.717) is 27.9 Å². The molecule has 0 bridgehead atoms. The maximum absolute atomic E-state index is 13.0. The highest BCUT2D eigenvalue weighted by atomic mass is 35.5. The zero-order chi connectivity index (χ0) is 22.3. The number of nitrogens with one attached hydrogen (secondary N) is 1. The lowest BCUT2D eigenvalue weighted by atomic mass is 10.1. The van der Waals surface area contributed by atoms with E-state index in [0.717, 1.165) is 17.5 Å². The average molecular weight is 451 g/mol. The fourth-order valence-corrected chi connectivity index (χ4v) is 3.52. The maximum atomic E-state index is 13.0. The molecule has 0 heterocycles. The summed E-state index contributed by atoms with van der Waals surface area (Å²) in [6.45, 7) is 8.15. The topological polar surface area (TPSA) is 58.6 Å². The van der Waals surface area contributed by atoms with Crippen molar-refractivity contribution < 1.29 is 14.3 Å². The van der Waals surface area contributed by atoms with E-state index in [9.17, 15) is 9.59 Å². The molecule has 0 aromatic heterocycles. The molecule has 0 aliphatic carbocycles. The van der Waals surface area contributed by atoms with Crippen molar-refractivity contribution in [1.29, 1.82) is 0 Å². The van der Waals surface area contributed by atoms with E-state index in [1.807, 2.05) is 39.0 Å². The number of halogens is 2. The van der Waals surface area contributed by atoms with Crippen LogP contribution in [0.4, 0.5) is 0 Å². The Morgan fingerprint density at radius 3 is 2.37 bits per heavy atom. The quantitative estimate of drug-likeness (QED) is 0.588. The molecular weight excluding hydrogens is 423 g/mol. The Bertz CT molecular complexity index is 882. The van der Waals surface area contributed by atoms with Crippen LogP contribution in [0.15, 0.2) is 36.4 Å². The van der Waals surface area contributed by atoms with Gasteiger partial charge in [0.1, 0.15) is 11.8 Å². The summed E-state index contributed by atoms with van der Waals surface area (Å²) in [5, 5.41) is 3.79. The number of amides is 2. The third-order valence-electron chi connectivity index (χ3n) is 4.63. The third-order valence-corrected chi connectivity index (χ3v) is 5.22. The largest absolute Gasteiger partial charge is 0.484 e.